The third-order valence-electron chi connectivity index (χ3n) is 11.5. The molecule has 8 rings (SSSR count). The van der Waals surface area contributed by atoms with Gasteiger partial charge in [-0.1, -0.05) is 97.4 Å². The van der Waals surface area contributed by atoms with Gasteiger partial charge in [0.1, 0.15) is 11.5 Å². The zero-order valence-electron chi connectivity index (χ0n) is 27.9. The Hall–Kier alpha value is -5.56. The normalized spacial score (nSPS) is 27.2. The minimum absolute atomic E-state index is 0.0726. The number of methoxy groups -OCH3 is 1. The number of rotatable bonds is 6. The number of aryl methyl sites for hydroxylation is 1. The van der Waals surface area contributed by atoms with Gasteiger partial charge in [0.15, 0.2) is 11.6 Å². The molecule has 1 saturated heterocycles. The van der Waals surface area contributed by atoms with Crippen LogP contribution in [0.25, 0.3) is 5.57 Å². The number of allylic oxidation sites excluding steroid dienone is 4. The number of nitrogens with zero attached hydrogens (tertiary/aromatic N) is 1. The molecule has 1 saturated carbocycles. The fourth-order valence-electron chi connectivity index (χ4n) is 9.32. The summed E-state index contributed by atoms with van der Waals surface area (Å²) in [5, 5.41) is 11.7. The molecule has 1 aliphatic heterocycles. The van der Waals surface area contributed by atoms with Crippen LogP contribution in [-0.4, -0.2) is 35.6 Å². The van der Waals surface area contributed by atoms with E-state index in [0.29, 0.717) is 40.1 Å². The predicted molar refractivity (Wildman–Crippen MR) is 190 cm³/mol. The lowest BCUT2D eigenvalue weighted by atomic mass is 9.44. The number of carbonyl (C=O) groups is 4. The number of anilines is 1. The third-order valence-corrected chi connectivity index (χ3v) is 11.5. The van der Waals surface area contributed by atoms with Gasteiger partial charge < -0.3 is 9.84 Å². The number of ketones is 2. The average molecular weight is 664 g/mol. The van der Waals surface area contributed by atoms with Gasteiger partial charge in [-0.15, -0.1) is 0 Å². The first kappa shape index (κ1) is 31.7. The highest BCUT2D eigenvalue weighted by Crippen LogP contribution is 2.65. The van der Waals surface area contributed by atoms with Gasteiger partial charge in [0.2, 0.25) is 11.8 Å². The number of ether oxygens (including phenoxy) is 1. The van der Waals surface area contributed by atoms with Crippen LogP contribution in [-0.2, 0) is 31.0 Å². The number of aromatic hydroxyl groups is 1. The van der Waals surface area contributed by atoms with Gasteiger partial charge in [0, 0.05) is 23.0 Å². The maximum Gasteiger partial charge on any atom is 0.238 e. The number of imide groups is 1. The van der Waals surface area contributed by atoms with Crippen molar-refractivity contribution >= 4 is 34.6 Å². The molecule has 1 N–H and O–H groups in total. The Balaban J connectivity index is 1.37. The van der Waals surface area contributed by atoms with Gasteiger partial charge in [0.05, 0.1) is 30.0 Å². The first-order valence-corrected chi connectivity index (χ1v) is 17.2. The summed E-state index contributed by atoms with van der Waals surface area (Å²) in [7, 11) is 1.51. The Morgan fingerprint density at radius 3 is 2.20 bits per heavy atom. The monoisotopic (exact) mass is 663 g/mol. The molecule has 250 valence electrons. The van der Waals surface area contributed by atoms with Gasteiger partial charge in [-0.05, 0) is 72.2 Å². The van der Waals surface area contributed by atoms with E-state index in [2.05, 4.69) is 0 Å². The molecule has 6 atom stereocenters. The Bertz CT molecular complexity index is 2100. The second kappa shape index (κ2) is 12.1. The molecular formula is C43H37NO6. The number of hydrogen-bond donors (Lipinski definition) is 1. The molecule has 0 bridgehead atoms. The van der Waals surface area contributed by atoms with Crippen LogP contribution < -0.4 is 9.64 Å². The molecule has 6 unspecified atom stereocenters. The second-order valence-electron chi connectivity index (χ2n) is 13.7. The Kier molecular flexibility index (Phi) is 7.66. The number of Topliss-reactive ketones (excluding diaryl/α,β-unsaturated/α-hetero) is 1. The predicted octanol–water partition coefficient (Wildman–Crippen LogP) is 6.99. The van der Waals surface area contributed by atoms with E-state index in [-0.39, 0.29) is 35.6 Å². The van der Waals surface area contributed by atoms with Crippen molar-refractivity contribution in [2.75, 3.05) is 12.0 Å². The molecule has 50 heavy (non-hydrogen) atoms. The second-order valence-corrected chi connectivity index (χ2v) is 13.7. The quantitative estimate of drug-likeness (QED) is 0.176. The highest BCUT2D eigenvalue weighted by Gasteiger charge is 2.66. The van der Waals surface area contributed by atoms with Crippen LogP contribution in [0.4, 0.5) is 5.69 Å². The number of phenols is 1. The standard InChI is InChI=1S/C43H37NO6/c1-3-25-17-19-28(20-18-25)44-41(48)30-22-21-29-32(37(30)42(44)49)23-33-40(47)31(26-11-6-4-7-12-26)24-36(46)43(33,27-13-8-5-9-14-27)39(29)38-34(45)15-10-16-35(38)50-2/h4-21,24,30,32-33,37,39,45H,3,22-23H2,1-2H3. The maximum atomic E-state index is 15.2. The number of benzene rings is 4. The van der Waals surface area contributed by atoms with Crippen molar-refractivity contribution in [1.82, 2.24) is 0 Å². The molecule has 4 aromatic carbocycles. The van der Waals surface area contributed by atoms with E-state index in [1.54, 1.807) is 18.2 Å². The van der Waals surface area contributed by atoms with Gasteiger partial charge in [0.25, 0.3) is 0 Å². The van der Waals surface area contributed by atoms with Crippen molar-refractivity contribution in [3.8, 4) is 11.5 Å². The fourth-order valence-corrected chi connectivity index (χ4v) is 9.32. The molecule has 7 nitrogen and oxygen atoms in total. The van der Waals surface area contributed by atoms with Crippen molar-refractivity contribution in [2.24, 2.45) is 23.7 Å². The van der Waals surface area contributed by atoms with E-state index >= 15 is 9.59 Å². The van der Waals surface area contributed by atoms with Gasteiger partial charge in [-0.3, -0.25) is 24.1 Å². The Labute approximate surface area is 290 Å². The van der Waals surface area contributed by atoms with Gasteiger partial charge in [-0.25, -0.2) is 0 Å². The van der Waals surface area contributed by atoms with Crippen LogP contribution >= 0.6 is 0 Å². The van der Waals surface area contributed by atoms with Crippen LogP contribution in [0, 0.1) is 23.7 Å². The summed E-state index contributed by atoms with van der Waals surface area (Å²) >= 11 is 0. The molecule has 7 heteroatoms. The van der Waals surface area contributed by atoms with Crippen molar-refractivity contribution < 1.29 is 29.0 Å². The maximum absolute atomic E-state index is 15.2. The minimum atomic E-state index is -1.46. The molecule has 2 amide bonds. The molecule has 2 fully saturated rings. The SMILES string of the molecule is CCc1ccc(N2C(=O)C3CC=C4C(CC5C(=O)C(c6ccccc6)=CC(=O)C5(c5ccccc5)C4c4c(O)cccc4OC)C3C2=O)cc1. The average Bonchev–Trinajstić information content (AvgIpc) is 3.41. The van der Waals surface area contributed by atoms with Crippen LogP contribution in [0.15, 0.2) is 121 Å². The summed E-state index contributed by atoms with van der Waals surface area (Å²) in [5.74, 6) is -4.39. The van der Waals surface area contributed by atoms with Crippen LogP contribution in [0.3, 0.4) is 0 Å². The lowest BCUT2D eigenvalue weighted by Gasteiger charge is -2.55. The lowest BCUT2D eigenvalue weighted by molar-refractivity contribution is -0.135. The van der Waals surface area contributed by atoms with E-state index in [4.69, 9.17) is 4.74 Å². The zero-order chi connectivity index (χ0) is 34.7. The molecule has 0 spiro atoms. The molecule has 4 aromatic rings. The highest BCUT2D eigenvalue weighted by molar-refractivity contribution is 6.32. The number of phenolic OH excluding ortho intramolecular Hbond substituents is 1. The summed E-state index contributed by atoms with van der Waals surface area (Å²) in [4.78, 5) is 60.2. The number of hydrogen-bond acceptors (Lipinski definition) is 6. The Morgan fingerprint density at radius 1 is 0.820 bits per heavy atom. The first-order valence-electron chi connectivity index (χ1n) is 17.2. The lowest BCUT2D eigenvalue weighted by Crippen LogP contribution is -2.58. The van der Waals surface area contributed by atoms with Crippen molar-refractivity contribution in [1.29, 1.82) is 0 Å². The van der Waals surface area contributed by atoms with Crippen molar-refractivity contribution in [3.05, 3.63) is 143 Å². The summed E-state index contributed by atoms with van der Waals surface area (Å²) in [6.07, 6.45) is 4.77. The summed E-state index contributed by atoms with van der Waals surface area (Å²) in [5.41, 5.74) is 2.94. The minimum Gasteiger partial charge on any atom is -0.508 e. The number of amides is 2. The molecule has 1 heterocycles. The molecule has 3 aliphatic carbocycles. The van der Waals surface area contributed by atoms with E-state index in [9.17, 15) is 14.7 Å². The van der Waals surface area contributed by atoms with Gasteiger partial charge >= 0.3 is 0 Å². The van der Waals surface area contributed by atoms with E-state index < -0.39 is 35.0 Å². The van der Waals surface area contributed by atoms with E-state index in [0.717, 1.165) is 17.6 Å². The summed E-state index contributed by atoms with van der Waals surface area (Å²) in [6.45, 7) is 2.05. The molecular weight excluding hydrogens is 626 g/mol. The first-order chi connectivity index (χ1) is 24.3. The molecule has 0 radical (unpaired) electrons. The fraction of sp³-hybridized carbons (Fsp3) is 0.256. The van der Waals surface area contributed by atoms with Crippen molar-refractivity contribution in [3.63, 3.8) is 0 Å². The number of fused-ring (bicyclic) bond motifs is 4. The van der Waals surface area contributed by atoms with Crippen LogP contribution in [0.2, 0.25) is 0 Å². The van der Waals surface area contributed by atoms with Crippen molar-refractivity contribution in [2.45, 2.75) is 37.5 Å². The molecule has 0 aromatic heterocycles. The van der Waals surface area contributed by atoms with E-state index in [1.807, 2.05) is 97.9 Å². The third kappa shape index (κ3) is 4.49. The smallest absolute Gasteiger partial charge is 0.238 e. The highest BCUT2D eigenvalue weighted by atomic mass is 16.5. The van der Waals surface area contributed by atoms with Gasteiger partial charge in [-0.2, -0.15) is 0 Å². The molecule has 4 aliphatic rings. The number of carbonyl (C=O) groups excluding carboxylic acids is 4. The van der Waals surface area contributed by atoms with Crippen LogP contribution in [0.1, 0.15) is 47.9 Å². The zero-order valence-corrected chi connectivity index (χ0v) is 27.9. The topological polar surface area (TPSA) is 101 Å². The van der Waals surface area contributed by atoms with E-state index in [1.165, 1.54) is 18.1 Å². The Morgan fingerprint density at radius 2 is 1.52 bits per heavy atom. The summed E-state index contributed by atoms with van der Waals surface area (Å²) < 4.78 is 5.86. The largest absolute Gasteiger partial charge is 0.508 e. The summed E-state index contributed by atoms with van der Waals surface area (Å²) in [6, 6.07) is 31.0. The van der Waals surface area contributed by atoms with Crippen LogP contribution in [0.5, 0.6) is 11.5 Å².